The summed E-state index contributed by atoms with van der Waals surface area (Å²) in [7, 11) is 0. The van der Waals surface area contributed by atoms with Crippen molar-refractivity contribution in [3.8, 4) is 0 Å². The smallest absolute Gasteiger partial charge is 0.248 e. The standard InChI is InChI=1S/C10H20N2O2.ClH/c1-2-14-8-10(13)12-6-4-3-5-9(12)7-11;/h9H,2-8,11H2,1H3;1H. The van der Waals surface area contributed by atoms with Gasteiger partial charge in [-0.25, -0.2) is 0 Å². The Hall–Kier alpha value is -0.320. The Morgan fingerprint density at radius 1 is 1.53 bits per heavy atom. The molecule has 1 fully saturated rings. The zero-order chi connectivity index (χ0) is 10.4. The van der Waals surface area contributed by atoms with Gasteiger partial charge in [-0.05, 0) is 26.2 Å². The molecule has 4 nitrogen and oxygen atoms in total. The van der Waals surface area contributed by atoms with Crippen LogP contribution < -0.4 is 5.73 Å². The Morgan fingerprint density at radius 2 is 2.27 bits per heavy atom. The maximum atomic E-state index is 11.7. The number of halogens is 1. The van der Waals surface area contributed by atoms with Crippen LogP contribution in [0.15, 0.2) is 0 Å². The van der Waals surface area contributed by atoms with Crippen molar-refractivity contribution in [2.24, 2.45) is 5.73 Å². The number of likely N-dealkylation sites (tertiary alicyclic amines) is 1. The van der Waals surface area contributed by atoms with Crippen LogP contribution in [0.25, 0.3) is 0 Å². The van der Waals surface area contributed by atoms with Crippen LogP contribution in [0, 0.1) is 0 Å². The van der Waals surface area contributed by atoms with E-state index < -0.39 is 0 Å². The Kier molecular flexibility index (Phi) is 7.74. The summed E-state index contributed by atoms with van der Waals surface area (Å²) < 4.78 is 5.11. The molecular weight excluding hydrogens is 216 g/mol. The van der Waals surface area contributed by atoms with Crippen molar-refractivity contribution < 1.29 is 9.53 Å². The summed E-state index contributed by atoms with van der Waals surface area (Å²) in [5, 5.41) is 0. The van der Waals surface area contributed by atoms with Gasteiger partial charge >= 0.3 is 0 Å². The summed E-state index contributed by atoms with van der Waals surface area (Å²) in [6.07, 6.45) is 3.31. The van der Waals surface area contributed by atoms with Crippen LogP contribution in [0.2, 0.25) is 0 Å². The summed E-state index contributed by atoms with van der Waals surface area (Å²) in [6.45, 7) is 4.09. The van der Waals surface area contributed by atoms with Gasteiger partial charge in [0.1, 0.15) is 6.61 Å². The molecular formula is C10H21ClN2O2. The molecule has 1 amide bonds. The number of ether oxygens (including phenoxy) is 1. The number of hydrogen-bond acceptors (Lipinski definition) is 3. The van der Waals surface area contributed by atoms with E-state index in [-0.39, 0.29) is 31.0 Å². The number of piperidine rings is 1. The zero-order valence-electron chi connectivity index (χ0n) is 9.28. The fourth-order valence-electron chi connectivity index (χ4n) is 1.85. The quantitative estimate of drug-likeness (QED) is 0.785. The monoisotopic (exact) mass is 236 g/mol. The van der Waals surface area contributed by atoms with Crippen LogP contribution in [-0.2, 0) is 9.53 Å². The normalized spacial score (nSPS) is 20.9. The van der Waals surface area contributed by atoms with Gasteiger partial charge in [0.2, 0.25) is 5.91 Å². The van der Waals surface area contributed by atoms with Crippen LogP contribution in [0.1, 0.15) is 26.2 Å². The summed E-state index contributed by atoms with van der Waals surface area (Å²) >= 11 is 0. The Labute approximate surface area is 97.5 Å². The molecule has 1 aliphatic rings. The molecule has 2 N–H and O–H groups in total. The molecule has 0 bridgehead atoms. The van der Waals surface area contributed by atoms with Gasteiger partial charge in [0.05, 0.1) is 0 Å². The van der Waals surface area contributed by atoms with Crippen molar-refractivity contribution in [3.05, 3.63) is 0 Å². The third kappa shape index (κ3) is 4.36. The summed E-state index contributed by atoms with van der Waals surface area (Å²) in [5.41, 5.74) is 5.63. The Morgan fingerprint density at radius 3 is 2.87 bits per heavy atom. The van der Waals surface area contributed by atoms with Gasteiger partial charge in [0.25, 0.3) is 0 Å². The van der Waals surface area contributed by atoms with E-state index in [1.54, 1.807) is 0 Å². The highest BCUT2D eigenvalue weighted by atomic mass is 35.5. The van der Waals surface area contributed by atoms with Crippen molar-refractivity contribution in [1.82, 2.24) is 4.90 Å². The van der Waals surface area contributed by atoms with Gasteiger partial charge in [-0.15, -0.1) is 12.4 Å². The van der Waals surface area contributed by atoms with Gasteiger partial charge in [0, 0.05) is 25.7 Å². The second kappa shape index (κ2) is 7.91. The van der Waals surface area contributed by atoms with E-state index in [1.165, 1.54) is 6.42 Å². The van der Waals surface area contributed by atoms with Crippen LogP contribution in [-0.4, -0.2) is 43.2 Å². The first-order valence-electron chi connectivity index (χ1n) is 5.36. The number of amides is 1. The lowest BCUT2D eigenvalue weighted by molar-refractivity contribution is -0.139. The summed E-state index contributed by atoms with van der Waals surface area (Å²) in [6, 6.07) is 0.233. The third-order valence-electron chi connectivity index (χ3n) is 2.65. The van der Waals surface area contributed by atoms with E-state index in [9.17, 15) is 4.79 Å². The number of nitrogens with two attached hydrogens (primary N) is 1. The maximum absolute atomic E-state index is 11.7. The minimum absolute atomic E-state index is 0. The maximum Gasteiger partial charge on any atom is 0.248 e. The number of carbonyl (C=O) groups excluding carboxylic acids is 1. The molecule has 1 saturated heterocycles. The lowest BCUT2D eigenvalue weighted by Crippen LogP contribution is -2.48. The minimum atomic E-state index is 0. The molecule has 1 heterocycles. The van der Waals surface area contributed by atoms with Gasteiger partial charge in [-0.1, -0.05) is 0 Å². The Balaban J connectivity index is 0.00000196. The largest absolute Gasteiger partial charge is 0.372 e. The molecule has 0 aromatic rings. The molecule has 0 aromatic carbocycles. The second-order valence-corrected chi connectivity index (χ2v) is 3.61. The first kappa shape index (κ1) is 14.7. The Bertz CT molecular complexity index is 190. The molecule has 1 unspecified atom stereocenters. The van der Waals surface area contributed by atoms with Crippen molar-refractivity contribution in [1.29, 1.82) is 0 Å². The molecule has 5 heteroatoms. The van der Waals surface area contributed by atoms with E-state index in [4.69, 9.17) is 10.5 Å². The molecule has 1 rings (SSSR count). The topological polar surface area (TPSA) is 55.6 Å². The lowest BCUT2D eigenvalue weighted by Gasteiger charge is -2.34. The predicted octanol–water partition coefficient (Wildman–Crippen LogP) is 0.784. The molecule has 0 spiro atoms. The summed E-state index contributed by atoms with van der Waals surface area (Å²) in [5.74, 6) is 0.0852. The van der Waals surface area contributed by atoms with Crippen molar-refractivity contribution >= 4 is 18.3 Å². The average Bonchev–Trinajstić information content (AvgIpc) is 2.25. The third-order valence-corrected chi connectivity index (χ3v) is 2.65. The van der Waals surface area contributed by atoms with E-state index in [0.29, 0.717) is 13.2 Å². The molecule has 0 aliphatic carbocycles. The van der Waals surface area contributed by atoms with Gasteiger partial charge in [0.15, 0.2) is 0 Å². The number of rotatable bonds is 4. The average molecular weight is 237 g/mol. The van der Waals surface area contributed by atoms with Crippen molar-refractivity contribution in [2.45, 2.75) is 32.2 Å². The minimum Gasteiger partial charge on any atom is -0.372 e. The number of nitrogens with zero attached hydrogens (tertiary/aromatic N) is 1. The molecule has 1 aliphatic heterocycles. The van der Waals surface area contributed by atoms with E-state index in [0.717, 1.165) is 19.4 Å². The van der Waals surface area contributed by atoms with E-state index >= 15 is 0 Å². The SMILES string of the molecule is CCOCC(=O)N1CCCCC1CN.Cl. The zero-order valence-corrected chi connectivity index (χ0v) is 10.1. The van der Waals surface area contributed by atoms with Gasteiger partial charge in [-0.2, -0.15) is 0 Å². The highest BCUT2D eigenvalue weighted by molar-refractivity contribution is 5.85. The lowest BCUT2D eigenvalue weighted by atomic mass is 10.0. The summed E-state index contributed by atoms with van der Waals surface area (Å²) in [4.78, 5) is 13.5. The van der Waals surface area contributed by atoms with E-state index in [2.05, 4.69) is 0 Å². The van der Waals surface area contributed by atoms with E-state index in [1.807, 2.05) is 11.8 Å². The molecule has 0 radical (unpaired) electrons. The highest BCUT2D eigenvalue weighted by Gasteiger charge is 2.24. The molecule has 0 aromatic heterocycles. The highest BCUT2D eigenvalue weighted by Crippen LogP contribution is 2.16. The first-order chi connectivity index (χ1) is 6.79. The molecule has 15 heavy (non-hydrogen) atoms. The van der Waals surface area contributed by atoms with Crippen LogP contribution in [0.3, 0.4) is 0 Å². The predicted molar refractivity (Wildman–Crippen MR) is 62.1 cm³/mol. The number of carbonyl (C=O) groups is 1. The van der Waals surface area contributed by atoms with Crippen molar-refractivity contribution in [2.75, 3.05) is 26.3 Å². The molecule has 1 atom stereocenters. The molecule has 0 saturated carbocycles. The second-order valence-electron chi connectivity index (χ2n) is 3.61. The van der Waals surface area contributed by atoms with Crippen LogP contribution in [0.5, 0.6) is 0 Å². The fraction of sp³-hybridized carbons (Fsp3) is 0.900. The first-order valence-corrected chi connectivity index (χ1v) is 5.36. The van der Waals surface area contributed by atoms with Crippen LogP contribution in [0.4, 0.5) is 0 Å². The fourth-order valence-corrected chi connectivity index (χ4v) is 1.85. The number of hydrogen-bond donors (Lipinski definition) is 1. The van der Waals surface area contributed by atoms with Gasteiger partial charge < -0.3 is 15.4 Å². The van der Waals surface area contributed by atoms with Crippen LogP contribution >= 0.6 is 12.4 Å². The van der Waals surface area contributed by atoms with Crippen molar-refractivity contribution in [3.63, 3.8) is 0 Å². The van der Waals surface area contributed by atoms with Gasteiger partial charge in [-0.3, -0.25) is 4.79 Å². The molecule has 90 valence electrons.